The number of oxazole rings is 1. The van der Waals surface area contributed by atoms with Crippen LogP contribution in [0.4, 0.5) is 6.01 Å². The number of aromatic nitrogens is 1. The van der Waals surface area contributed by atoms with Crippen LogP contribution in [-0.4, -0.2) is 4.98 Å². The topological polar surface area (TPSA) is 52.0 Å². The molecule has 2 N–H and O–H groups in total. The molecule has 0 amide bonds. The van der Waals surface area contributed by atoms with E-state index in [2.05, 4.69) is 31.0 Å². The van der Waals surface area contributed by atoms with Gasteiger partial charge >= 0.3 is 0 Å². The maximum absolute atomic E-state index is 5.41. The summed E-state index contributed by atoms with van der Waals surface area (Å²) in [5, 5.41) is 0. The lowest BCUT2D eigenvalue weighted by Gasteiger charge is -2.01. The minimum absolute atomic E-state index is 0.207. The molecule has 0 radical (unpaired) electrons. The predicted octanol–water partition coefficient (Wildman–Crippen LogP) is 2.54. The Morgan fingerprint density at radius 1 is 1.21 bits per heavy atom. The molecule has 2 aromatic rings. The van der Waals surface area contributed by atoms with E-state index in [0.717, 1.165) is 11.3 Å². The molecule has 1 aromatic carbocycles. The Morgan fingerprint density at radius 3 is 2.57 bits per heavy atom. The average molecular weight is 188 g/mol. The van der Waals surface area contributed by atoms with Gasteiger partial charge in [0.05, 0.1) is 0 Å². The molecule has 0 fully saturated rings. The van der Waals surface area contributed by atoms with Crippen LogP contribution in [0.3, 0.4) is 0 Å². The van der Waals surface area contributed by atoms with Gasteiger partial charge in [-0.3, -0.25) is 0 Å². The minimum Gasteiger partial charge on any atom is -0.432 e. The van der Waals surface area contributed by atoms with Gasteiger partial charge in [-0.15, -0.1) is 0 Å². The Morgan fingerprint density at radius 2 is 2.00 bits per heavy atom. The van der Waals surface area contributed by atoms with Crippen LogP contribution >= 0.6 is 0 Å². The van der Waals surface area contributed by atoms with E-state index in [4.69, 9.17) is 10.2 Å². The van der Waals surface area contributed by atoms with Crippen LogP contribution in [0.15, 0.2) is 28.9 Å². The van der Waals surface area contributed by atoms with Gasteiger partial charge < -0.3 is 10.2 Å². The number of anilines is 1. The van der Waals surface area contributed by atoms with Gasteiger partial charge in [-0.25, -0.2) is 0 Å². The SMILES string of the molecule is Cc1ccc(-c2coc(N)n2)cc1C. The third-order valence-electron chi connectivity index (χ3n) is 2.32. The second-order valence-corrected chi connectivity index (χ2v) is 3.37. The third kappa shape index (κ3) is 1.48. The lowest BCUT2D eigenvalue weighted by molar-refractivity contribution is 0.581. The van der Waals surface area contributed by atoms with Crippen molar-refractivity contribution in [3.8, 4) is 11.3 Å². The summed E-state index contributed by atoms with van der Waals surface area (Å²) in [6, 6.07) is 6.36. The van der Waals surface area contributed by atoms with E-state index in [0.29, 0.717) is 0 Å². The Hall–Kier alpha value is -1.77. The first-order chi connectivity index (χ1) is 6.66. The summed E-state index contributed by atoms with van der Waals surface area (Å²) in [4.78, 5) is 4.06. The van der Waals surface area contributed by atoms with Crippen molar-refractivity contribution in [1.29, 1.82) is 0 Å². The molecule has 0 aliphatic carbocycles. The Balaban J connectivity index is 2.47. The van der Waals surface area contributed by atoms with Crippen LogP contribution in [0, 0.1) is 13.8 Å². The fourth-order valence-corrected chi connectivity index (χ4v) is 1.32. The molecule has 0 bridgehead atoms. The van der Waals surface area contributed by atoms with Crippen molar-refractivity contribution in [2.75, 3.05) is 5.73 Å². The normalized spacial score (nSPS) is 10.4. The molecule has 0 spiro atoms. The van der Waals surface area contributed by atoms with Gasteiger partial charge in [0.15, 0.2) is 0 Å². The second kappa shape index (κ2) is 3.18. The largest absolute Gasteiger partial charge is 0.432 e. The quantitative estimate of drug-likeness (QED) is 0.748. The number of nitrogens with two attached hydrogens (primary N) is 1. The summed E-state index contributed by atoms with van der Waals surface area (Å²) in [5.74, 6) is 0. The monoisotopic (exact) mass is 188 g/mol. The Bertz CT molecular complexity index is 460. The van der Waals surface area contributed by atoms with E-state index < -0.39 is 0 Å². The molecule has 3 heteroatoms. The number of nitrogen functional groups attached to an aromatic ring is 1. The van der Waals surface area contributed by atoms with Crippen LogP contribution < -0.4 is 5.73 Å². The summed E-state index contributed by atoms with van der Waals surface area (Å²) >= 11 is 0. The van der Waals surface area contributed by atoms with Crippen LogP contribution in [0.1, 0.15) is 11.1 Å². The Kier molecular flexibility index (Phi) is 2.00. The number of hydrogen-bond donors (Lipinski definition) is 1. The summed E-state index contributed by atoms with van der Waals surface area (Å²) in [5.41, 5.74) is 9.73. The van der Waals surface area contributed by atoms with Crippen molar-refractivity contribution in [1.82, 2.24) is 4.98 Å². The second-order valence-electron chi connectivity index (χ2n) is 3.37. The number of hydrogen-bond acceptors (Lipinski definition) is 3. The Labute approximate surface area is 82.6 Å². The van der Waals surface area contributed by atoms with E-state index in [1.54, 1.807) is 6.26 Å². The van der Waals surface area contributed by atoms with Crippen molar-refractivity contribution >= 4 is 6.01 Å². The van der Waals surface area contributed by atoms with E-state index in [-0.39, 0.29) is 6.01 Å². The molecular weight excluding hydrogens is 176 g/mol. The first-order valence-electron chi connectivity index (χ1n) is 4.45. The van der Waals surface area contributed by atoms with Gasteiger partial charge in [-0.1, -0.05) is 12.1 Å². The van der Waals surface area contributed by atoms with Crippen molar-refractivity contribution in [2.24, 2.45) is 0 Å². The molecule has 0 unspecified atom stereocenters. The lowest BCUT2D eigenvalue weighted by atomic mass is 10.1. The molecule has 0 saturated heterocycles. The van der Waals surface area contributed by atoms with Gasteiger partial charge in [0.25, 0.3) is 6.01 Å². The highest BCUT2D eigenvalue weighted by Crippen LogP contribution is 2.21. The lowest BCUT2D eigenvalue weighted by Crippen LogP contribution is -1.85. The molecule has 1 aromatic heterocycles. The molecule has 0 atom stereocenters. The van der Waals surface area contributed by atoms with Crippen LogP contribution in [0.5, 0.6) is 0 Å². The summed E-state index contributed by atoms with van der Waals surface area (Å²) in [6.45, 7) is 4.15. The maximum Gasteiger partial charge on any atom is 0.292 e. The number of nitrogens with zero attached hydrogens (tertiary/aromatic N) is 1. The minimum atomic E-state index is 0.207. The zero-order valence-electron chi connectivity index (χ0n) is 8.24. The van der Waals surface area contributed by atoms with Crippen molar-refractivity contribution in [3.05, 3.63) is 35.6 Å². The average Bonchev–Trinajstić information content (AvgIpc) is 2.57. The standard InChI is InChI=1S/C11H12N2O/c1-7-3-4-9(5-8(7)2)10-6-14-11(12)13-10/h3-6H,1-2H3,(H2,12,13). The predicted molar refractivity (Wildman–Crippen MR) is 55.8 cm³/mol. The molecular formula is C11H12N2O. The first kappa shape index (κ1) is 8.81. The van der Waals surface area contributed by atoms with Gasteiger partial charge in [0.1, 0.15) is 12.0 Å². The van der Waals surface area contributed by atoms with E-state index in [1.165, 1.54) is 11.1 Å². The van der Waals surface area contributed by atoms with Gasteiger partial charge in [-0.2, -0.15) is 4.98 Å². The zero-order valence-corrected chi connectivity index (χ0v) is 8.24. The van der Waals surface area contributed by atoms with Crippen molar-refractivity contribution in [2.45, 2.75) is 13.8 Å². The van der Waals surface area contributed by atoms with Crippen molar-refractivity contribution in [3.63, 3.8) is 0 Å². The van der Waals surface area contributed by atoms with Crippen LogP contribution in [0.2, 0.25) is 0 Å². The summed E-state index contributed by atoms with van der Waals surface area (Å²) < 4.78 is 4.96. The summed E-state index contributed by atoms with van der Waals surface area (Å²) in [7, 11) is 0. The van der Waals surface area contributed by atoms with E-state index in [9.17, 15) is 0 Å². The number of rotatable bonds is 1. The van der Waals surface area contributed by atoms with Gasteiger partial charge in [0, 0.05) is 5.56 Å². The molecule has 0 saturated carbocycles. The van der Waals surface area contributed by atoms with Gasteiger partial charge in [0.2, 0.25) is 0 Å². The van der Waals surface area contributed by atoms with Gasteiger partial charge in [-0.05, 0) is 31.0 Å². The van der Waals surface area contributed by atoms with Crippen LogP contribution in [-0.2, 0) is 0 Å². The highest BCUT2D eigenvalue weighted by Gasteiger charge is 2.04. The molecule has 2 rings (SSSR count). The number of benzene rings is 1. The number of aryl methyl sites for hydroxylation is 2. The van der Waals surface area contributed by atoms with Crippen molar-refractivity contribution < 1.29 is 4.42 Å². The molecule has 0 aliphatic heterocycles. The van der Waals surface area contributed by atoms with E-state index in [1.807, 2.05) is 6.07 Å². The third-order valence-corrected chi connectivity index (χ3v) is 2.32. The molecule has 72 valence electrons. The highest BCUT2D eigenvalue weighted by atomic mass is 16.4. The highest BCUT2D eigenvalue weighted by molar-refractivity contribution is 5.60. The zero-order chi connectivity index (χ0) is 10.1. The van der Waals surface area contributed by atoms with Crippen LogP contribution in [0.25, 0.3) is 11.3 Å². The molecule has 1 heterocycles. The fraction of sp³-hybridized carbons (Fsp3) is 0.182. The molecule has 0 aliphatic rings. The fourth-order valence-electron chi connectivity index (χ4n) is 1.32. The molecule has 14 heavy (non-hydrogen) atoms. The first-order valence-corrected chi connectivity index (χ1v) is 4.45. The summed E-state index contributed by atoms with van der Waals surface area (Å²) in [6.07, 6.45) is 1.57. The molecule has 3 nitrogen and oxygen atoms in total. The van der Waals surface area contributed by atoms with E-state index >= 15 is 0 Å². The smallest absolute Gasteiger partial charge is 0.292 e. The maximum atomic E-state index is 5.41.